The number of thioether (sulfide) groups is 1. The van der Waals surface area contributed by atoms with E-state index in [4.69, 9.17) is 4.74 Å². The minimum Gasteiger partial charge on any atom is -0.406 e. The summed E-state index contributed by atoms with van der Waals surface area (Å²) in [7, 11) is 0. The number of hydrogen-bond donors (Lipinski definition) is 0. The van der Waals surface area contributed by atoms with Gasteiger partial charge in [-0.05, 0) is 48.5 Å². The number of rotatable bonds is 5. The van der Waals surface area contributed by atoms with Crippen LogP contribution < -0.4 is 4.74 Å². The second kappa shape index (κ2) is 8.35. The zero-order valence-corrected chi connectivity index (χ0v) is 15.9. The first kappa shape index (κ1) is 20.4. The average Bonchev–Trinajstić information content (AvgIpc) is 3.06. The molecule has 1 saturated heterocycles. The third-order valence-electron chi connectivity index (χ3n) is 3.85. The quantitative estimate of drug-likeness (QED) is 0.691. The lowest BCUT2D eigenvalue weighted by Gasteiger charge is -2.35. The van der Waals surface area contributed by atoms with Gasteiger partial charge in [0.2, 0.25) is 11.1 Å². The fourth-order valence-corrected chi connectivity index (χ4v) is 3.61. The summed E-state index contributed by atoms with van der Waals surface area (Å²) >= 11 is 1.15. The summed E-state index contributed by atoms with van der Waals surface area (Å²) in [4.78, 5) is 14.2. The molecule has 0 N–H and O–H groups in total. The molecule has 1 amide bonds. The molecule has 12 heteroatoms. The van der Waals surface area contributed by atoms with Gasteiger partial charge < -0.3 is 14.4 Å². The molecule has 2 aromatic rings. The smallest absolute Gasteiger partial charge is 0.406 e. The van der Waals surface area contributed by atoms with Crippen molar-refractivity contribution in [2.24, 2.45) is 0 Å². The normalized spacial score (nSPS) is 20.2. The van der Waals surface area contributed by atoms with Crippen molar-refractivity contribution in [2.45, 2.75) is 37.6 Å². The van der Waals surface area contributed by atoms with Gasteiger partial charge in [-0.3, -0.25) is 4.79 Å². The van der Waals surface area contributed by atoms with Crippen LogP contribution in [0.1, 0.15) is 13.8 Å². The van der Waals surface area contributed by atoms with Gasteiger partial charge in [-0.25, -0.2) is 0 Å². The van der Waals surface area contributed by atoms with Crippen LogP contribution in [0.25, 0.3) is 5.69 Å². The molecule has 152 valence electrons. The number of benzene rings is 1. The fourth-order valence-electron chi connectivity index (χ4n) is 2.82. The van der Waals surface area contributed by atoms with Crippen LogP contribution in [0, 0.1) is 0 Å². The Morgan fingerprint density at radius 3 is 2.50 bits per heavy atom. The van der Waals surface area contributed by atoms with Crippen molar-refractivity contribution in [3.63, 3.8) is 0 Å². The van der Waals surface area contributed by atoms with E-state index >= 15 is 0 Å². The minimum atomic E-state index is -4.76. The Kier molecular flexibility index (Phi) is 6.08. The number of carbonyl (C=O) groups excluding carboxylic acids is 1. The molecule has 0 bridgehead atoms. The van der Waals surface area contributed by atoms with E-state index in [0.29, 0.717) is 23.9 Å². The number of aromatic nitrogens is 4. The monoisotopic (exact) mass is 417 g/mol. The maximum Gasteiger partial charge on any atom is 0.573 e. The van der Waals surface area contributed by atoms with Crippen LogP contribution in [-0.4, -0.2) is 68.4 Å². The lowest BCUT2D eigenvalue weighted by Crippen LogP contribution is -2.48. The molecule has 3 rings (SSSR count). The van der Waals surface area contributed by atoms with Gasteiger partial charge in [-0.15, -0.1) is 18.3 Å². The number of nitrogens with zero attached hydrogens (tertiary/aromatic N) is 5. The lowest BCUT2D eigenvalue weighted by molar-refractivity contribution is -0.274. The van der Waals surface area contributed by atoms with Gasteiger partial charge >= 0.3 is 6.36 Å². The molecule has 2 unspecified atom stereocenters. The van der Waals surface area contributed by atoms with E-state index in [2.05, 4.69) is 20.3 Å². The van der Waals surface area contributed by atoms with Gasteiger partial charge in [0.15, 0.2) is 0 Å². The summed E-state index contributed by atoms with van der Waals surface area (Å²) in [6.45, 7) is 4.87. The van der Waals surface area contributed by atoms with Crippen molar-refractivity contribution in [1.82, 2.24) is 25.1 Å². The molecular formula is C16H18F3N5O3S. The molecular weight excluding hydrogens is 399 g/mol. The lowest BCUT2D eigenvalue weighted by atomic mass is 10.2. The Labute approximate surface area is 163 Å². The molecule has 1 aromatic heterocycles. The van der Waals surface area contributed by atoms with Gasteiger partial charge in [-0.1, -0.05) is 11.8 Å². The van der Waals surface area contributed by atoms with E-state index in [1.807, 2.05) is 13.8 Å². The largest absolute Gasteiger partial charge is 0.573 e. The molecule has 1 fully saturated rings. The maximum atomic E-state index is 12.5. The number of alkyl halides is 3. The molecule has 8 nitrogen and oxygen atoms in total. The predicted octanol–water partition coefficient (Wildman–Crippen LogP) is 2.29. The highest BCUT2D eigenvalue weighted by Crippen LogP contribution is 2.25. The topological polar surface area (TPSA) is 82.4 Å². The Morgan fingerprint density at radius 2 is 1.89 bits per heavy atom. The van der Waals surface area contributed by atoms with Crippen LogP contribution in [0.5, 0.6) is 5.75 Å². The van der Waals surface area contributed by atoms with Crippen molar-refractivity contribution in [1.29, 1.82) is 0 Å². The highest BCUT2D eigenvalue weighted by Gasteiger charge is 2.31. The van der Waals surface area contributed by atoms with E-state index in [-0.39, 0.29) is 29.6 Å². The summed E-state index contributed by atoms with van der Waals surface area (Å²) in [5.41, 5.74) is 0.447. The predicted molar refractivity (Wildman–Crippen MR) is 93.2 cm³/mol. The van der Waals surface area contributed by atoms with Gasteiger partial charge in [0.05, 0.1) is 23.6 Å². The zero-order chi connectivity index (χ0) is 20.3. The first-order valence-corrected chi connectivity index (χ1v) is 9.40. The van der Waals surface area contributed by atoms with Crippen molar-refractivity contribution < 1.29 is 27.4 Å². The Hall–Kier alpha value is -2.34. The SMILES string of the molecule is CC1CN(C(=O)CSc2nnnn2-c2ccc(OC(F)(F)F)cc2)CC(C)O1. The molecule has 1 aliphatic heterocycles. The van der Waals surface area contributed by atoms with Crippen LogP contribution in [-0.2, 0) is 9.53 Å². The molecule has 2 atom stereocenters. The molecule has 0 spiro atoms. The second-order valence-electron chi connectivity index (χ2n) is 6.26. The summed E-state index contributed by atoms with van der Waals surface area (Å²) in [6, 6.07) is 5.13. The van der Waals surface area contributed by atoms with E-state index in [1.54, 1.807) is 4.90 Å². The first-order valence-electron chi connectivity index (χ1n) is 8.42. The van der Waals surface area contributed by atoms with Crippen LogP contribution in [0.4, 0.5) is 13.2 Å². The molecule has 28 heavy (non-hydrogen) atoms. The Bertz CT molecular complexity index is 805. The third-order valence-corrected chi connectivity index (χ3v) is 4.76. The van der Waals surface area contributed by atoms with Crippen molar-refractivity contribution in [3.8, 4) is 11.4 Å². The summed E-state index contributed by atoms with van der Waals surface area (Å²) in [5, 5.41) is 11.6. The molecule has 1 aromatic carbocycles. The number of halogens is 3. The third kappa shape index (κ3) is 5.35. The number of amides is 1. The second-order valence-corrected chi connectivity index (χ2v) is 7.20. The summed E-state index contributed by atoms with van der Waals surface area (Å²) in [6.07, 6.45) is -4.81. The highest BCUT2D eigenvalue weighted by molar-refractivity contribution is 7.99. The van der Waals surface area contributed by atoms with Crippen molar-refractivity contribution in [2.75, 3.05) is 18.8 Å². The van der Waals surface area contributed by atoms with E-state index in [9.17, 15) is 18.0 Å². The standard InChI is InChI=1S/C16H18F3N5O3S/c1-10-7-23(8-11(2)26-10)14(25)9-28-15-20-21-22-24(15)12-3-5-13(6-4-12)27-16(17,18)19/h3-6,10-11H,7-9H2,1-2H3. The fraction of sp³-hybridized carbons (Fsp3) is 0.500. The van der Waals surface area contributed by atoms with Gasteiger partial charge in [0, 0.05) is 13.1 Å². The van der Waals surface area contributed by atoms with Crippen LogP contribution in [0.3, 0.4) is 0 Å². The Balaban J connectivity index is 1.63. The van der Waals surface area contributed by atoms with E-state index in [0.717, 1.165) is 11.8 Å². The van der Waals surface area contributed by atoms with E-state index in [1.165, 1.54) is 28.9 Å². The number of hydrogen-bond acceptors (Lipinski definition) is 7. The average molecular weight is 417 g/mol. The van der Waals surface area contributed by atoms with Crippen LogP contribution in [0.15, 0.2) is 29.4 Å². The van der Waals surface area contributed by atoms with E-state index < -0.39 is 6.36 Å². The number of ether oxygens (including phenoxy) is 2. The summed E-state index contributed by atoms with van der Waals surface area (Å²) in [5.74, 6) is -0.269. The van der Waals surface area contributed by atoms with Gasteiger partial charge in [0.25, 0.3) is 0 Å². The van der Waals surface area contributed by atoms with Crippen LogP contribution in [0.2, 0.25) is 0 Å². The molecule has 0 radical (unpaired) electrons. The Morgan fingerprint density at radius 1 is 1.25 bits per heavy atom. The first-order chi connectivity index (χ1) is 13.2. The number of tetrazole rings is 1. The molecule has 0 saturated carbocycles. The van der Waals surface area contributed by atoms with Crippen LogP contribution >= 0.6 is 11.8 Å². The molecule has 2 heterocycles. The van der Waals surface area contributed by atoms with Gasteiger partial charge in [0.1, 0.15) is 5.75 Å². The number of morpholine rings is 1. The maximum absolute atomic E-state index is 12.5. The minimum absolute atomic E-state index is 0.0274. The van der Waals surface area contributed by atoms with Crippen molar-refractivity contribution in [3.05, 3.63) is 24.3 Å². The summed E-state index contributed by atoms with van der Waals surface area (Å²) < 4.78 is 47.6. The zero-order valence-electron chi connectivity index (χ0n) is 15.1. The number of carbonyl (C=O) groups is 1. The van der Waals surface area contributed by atoms with Gasteiger partial charge in [-0.2, -0.15) is 4.68 Å². The van der Waals surface area contributed by atoms with Crippen molar-refractivity contribution >= 4 is 17.7 Å². The molecule has 1 aliphatic rings. The highest BCUT2D eigenvalue weighted by atomic mass is 32.2. The molecule has 0 aliphatic carbocycles.